The Kier molecular flexibility index (Phi) is 3.46. The van der Waals surface area contributed by atoms with Crippen molar-refractivity contribution in [2.24, 2.45) is 0 Å². The highest BCUT2D eigenvalue weighted by Gasteiger charge is 2.57. The number of aryl methyl sites for hydroxylation is 1. The molecule has 4 rings (SSSR count). The minimum Gasteiger partial charge on any atom is -0.479 e. The molecule has 0 bridgehead atoms. The van der Waals surface area contributed by atoms with E-state index in [0.29, 0.717) is 6.42 Å². The van der Waals surface area contributed by atoms with Gasteiger partial charge in [-0.15, -0.1) is 0 Å². The van der Waals surface area contributed by atoms with Crippen LogP contribution in [0.15, 0.2) is 30.3 Å². The first kappa shape index (κ1) is 15.3. The SMILES string of the molecule is Cc1nn(C2(C(=O)O)COC3(CCCC3)C2)nc1-c1ccccc1. The van der Waals surface area contributed by atoms with Crippen LogP contribution in [0.2, 0.25) is 0 Å². The first-order valence-corrected chi connectivity index (χ1v) is 8.42. The largest absolute Gasteiger partial charge is 0.479 e. The zero-order valence-corrected chi connectivity index (χ0v) is 13.7. The number of aliphatic carboxylic acids is 1. The fraction of sp³-hybridized carbons (Fsp3) is 0.500. The molecule has 1 saturated carbocycles. The van der Waals surface area contributed by atoms with E-state index in [1.54, 1.807) is 0 Å². The highest BCUT2D eigenvalue weighted by molar-refractivity contribution is 5.77. The fourth-order valence-corrected chi connectivity index (χ4v) is 4.03. The van der Waals surface area contributed by atoms with Crippen molar-refractivity contribution in [1.82, 2.24) is 15.0 Å². The van der Waals surface area contributed by atoms with E-state index in [-0.39, 0.29) is 12.2 Å². The summed E-state index contributed by atoms with van der Waals surface area (Å²) in [6.45, 7) is 1.99. The van der Waals surface area contributed by atoms with Crippen molar-refractivity contribution in [3.05, 3.63) is 36.0 Å². The van der Waals surface area contributed by atoms with Gasteiger partial charge in [0, 0.05) is 12.0 Å². The Labute approximate surface area is 140 Å². The Morgan fingerprint density at radius 2 is 1.92 bits per heavy atom. The molecule has 2 aromatic rings. The van der Waals surface area contributed by atoms with Gasteiger partial charge in [0.2, 0.25) is 5.54 Å². The Morgan fingerprint density at radius 1 is 1.21 bits per heavy atom. The molecular formula is C18H21N3O3. The summed E-state index contributed by atoms with van der Waals surface area (Å²) < 4.78 is 6.01. The third-order valence-corrected chi connectivity index (χ3v) is 5.36. The minimum absolute atomic E-state index is 0.130. The molecule has 24 heavy (non-hydrogen) atoms. The van der Waals surface area contributed by atoms with Gasteiger partial charge in [-0.3, -0.25) is 0 Å². The fourth-order valence-electron chi connectivity index (χ4n) is 4.03. The highest BCUT2D eigenvalue weighted by Crippen LogP contribution is 2.47. The van der Waals surface area contributed by atoms with E-state index in [1.807, 2.05) is 37.3 Å². The maximum atomic E-state index is 12.1. The lowest BCUT2D eigenvalue weighted by atomic mass is 9.87. The molecule has 6 nitrogen and oxygen atoms in total. The molecular weight excluding hydrogens is 306 g/mol. The molecule has 126 valence electrons. The highest BCUT2D eigenvalue weighted by atomic mass is 16.5. The molecule has 0 radical (unpaired) electrons. The maximum Gasteiger partial charge on any atom is 0.336 e. The number of hydrogen-bond donors (Lipinski definition) is 1. The standard InChI is InChI=1S/C18H21N3O3/c1-13-15(14-7-3-2-4-8-14)20-21(19-13)18(16(22)23)11-17(24-12-18)9-5-6-10-17/h2-4,7-8H,5-6,9-12H2,1H3,(H,22,23). The Hall–Kier alpha value is -2.21. The number of nitrogens with zero attached hydrogens (tertiary/aromatic N) is 3. The molecule has 2 fully saturated rings. The molecule has 1 aromatic carbocycles. The molecule has 1 spiro atoms. The third kappa shape index (κ3) is 2.24. The number of rotatable bonds is 3. The van der Waals surface area contributed by atoms with E-state index in [9.17, 15) is 9.90 Å². The van der Waals surface area contributed by atoms with Crippen molar-refractivity contribution in [1.29, 1.82) is 0 Å². The predicted molar refractivity (Wildman–Crippen MR) is 87.6 cm³/mol. The first-order valence-electron chi connectivity index (χ1n) is 8.42. The van der Waals surface area contributed by atoms with Crippen LogP contribution in [0.25, 0.3) is 11.3 Å². The molecule has 1 aliphatic carbocycles. The number of aromatic nitrogens is 3. The second-order valence-electron chi connectivity index (χ2n) is 6.98. The van der Waals surface area contributed by atoms with Gasteiger partial charge in [-0.25, -0.2) is 4.79 Å². The summed E-state index contributed by atoms with van der Waals surface area (Å²) in [4.78, 5) is 13.5. The van der Waals surface area contributed by atoms with E-state index in [0.717, 1.165) is 42.6 Å². The monoisotopic (exact) mass is 327 g/mol. The van der Waals surface area contributed by atoms with Gasteiger partial charge in [0.25, 0.3) is 0 Å². The van der Waals surface area contributed by atoms with Gasteiger partial charge in [-0.05, 0) is 19.8 Å². The van der Waals surface area contributed by atoms with E-state index in [2.05, 4.69) is 10.2 Å². The Bertz CT molecular complexity index is 765. The van der Waals surface area contributed by atoms with E-state index in [4.69, 9.17) is 4.74 Å². The van der Waals surface area contributed by atoms with Crippen molar-refractivity contribution in [3.63, 3.8) is 0 Å². The van der Waals surface area contributed by atoms with Crippen LogP contribution < -0.4 is 0 Å². The van der Waals surface area contributed by atoms with Crippen molar-refractivity contribution in [3.8, 4) is 11.3 Å². The number of ether oxygens (including phenoxy) is 1. The van der Waals surface area contributed by atoms with Crippen LogP contribution in [0.3, 0.4) is 0 Å². The molecule has 2 aliphatic rings. The zero-order valence-electron chi connectivity index (χ0n) is 13.7. The summed E-state index contributed by atoms with van der Waals surface area (Å²) >= 11 is 0. The van der Waals surface area contributed by atoms with Gasteiger partial charge in [0.15, 0.2) is 0 Å². The lowest BCUT2D eigenvalue weighted by Crippen LogP contribution is -2.45. The van der Waals surface area contributed by atoms with E-state index < -0.39 is 11.5 Å². The number of carboxylic acids is 1. The molecule has 1 aliphatic heterocycles. The van der Waals surface area contributed by atoms with Crippen molar-refractivity contribution < 1.29 is 14.6 Å². The number of hydrogen-bond acceptors (Lipinski definition) is 4. The Balaban J connectivity index is 1.75. The smallest absolute Gasteiger partial charge is 0.336 e. The van der Waals surface area contributed by atoms with Crippen molar-refractivity contribution >= 4 is 5.97 Å². The van der Waals surface area contributed by atoms with Gasteiger partial charge in [0.1, 0.15) is 5.69 Å². The molecule has 6 heteroatoms. The minimum atomic E-state index is -1.21. The second kappa shape index (κ2) is 5.41. The van der Waals surface area contributed by atoms with Crippen LogP contribution in [-0.4, -0.2) is 38.3 Å². The normalized spacial score (nSPS) is 25.4. The topological polar surface area (TPSA) is 77.2 Å². The van der Waals surface area contributed by atoms with Gasteiger partial charge in [0.05, 0.1) is 17.9 Å². The lowest BCUT2D eigenvalue weighted by Gasteiger charge is -2.25. The summed E-state index contributed by atoms with van der Waals surface area (Å²) in [6.07, 6.45) is 4.48. The van der Waals surface area contributed by atoms with Crippen LogP contribution in [0.5, 0.6) is 0 Å². The molecule has 1 aromatic heterocycles. The van der Waals surface area contributed by atoms with Crippen LogP contribution >= 0.6 is 0 Å². The Morgan fingerprint density at radius 3 is 2.58 bits per heavy atom. The zero-order chi connectivity index (χ0) is 16.8. The summed E-state index contributed by atoms with van der Waals surface area (Å²) in [6, 6.07) is 9.73. The van der Waals surface area contributed by atoms with Crippen LogP contribution in [0.4, 0.5) is 0 Å². The quantitative estimate of drug-likeness (QED) is 0.938. The molecule has 1 saturated heterocycles. The summed E-state index contributed by atoms with van der Waals surface area (Å²) in [7, 11) is 0. The third-order valence-electron chi connectivity index (χ3n) is 5.36. The number of carboxylic acid groups (broad SMARTS) is 1. The molecule has 1 unspecified atom stereocenters. The average molecular weight is 327 g/mol. The van der Waals surface area contributed by atoms with Crippen molar-refractivity contribution in [2.75, 3.05) is 6.61 Å². The van der Waals surface area contributed by atoms with Crippen molar-refractivity contribution in [2.45, 2.75) is 50.2 Å². The van der Waals surface area contributed by atoms with Gasteiger partial charge in [-0.1, -0.05) is 43.2 Å². The van der Waals surface area contributed by atoms with Gasteiger partial charge < -0.3 is 9.84 Å². The van der Waals surface area contributed by atoms with Gasteiger partial charge in [-0.2, -0.15) is 15.0 Å². The summed E-state index contributed by atoms with van der Waals surface area (Å²) in [5.74, 6) is -0.916. The number of benzene rings is 1. The van der Waals surface area contributed by atoms with E-state index >= 15 is 0 Å². The second-order valence-corrected chi connectivity index (χ2v) is 6.98. The van der Waals surface area contributed by atoms with Crippen LogP contribution in [0, 0.1) is 6.92 Å². The van der Waals surface area contributed by atoms with E-state index in [1.165, 1.54) is 4.80 Å². The molecule has 0 amide bonds. The molecule has 1 N–H and O–H groups in total. The summed E-state index contributed by atoms with van der Waals surface area (Å²) in [5, 5.41) is 19.0. The maximum absolute atomic E-state index is 12.1. The lowest BCUT2D eigenvalue weighted by molar-refractivity contribution is -0.148. The van der Waals surface area contributed by atoms with Crippen LogP contribution in [0.1, 0.15) is 37.8 Å². The van der Waals surface area contributed by atoms with Gasteiger partial charge >= 0.3 is 5.97 Å². The first-order chi connectivity index (χ1) is 11.5. The molecule has 2 heterocycles. The number of carbonyl (C=O) groups is 1. The van der Waals surface area contributed by atoms with Crippen LogP contribution in [-0.2, 0) is 15.1 Å². The average Bonchev–Trinajstić information content (AvgIpc) is 3.29. The summed E-state index contributed by atoms with van der Waals surface area (Å²) in [5.41, 5.74) is 0.878. The predicted octanol–water partition coefficient (Wildman–Crippen LogP) is 2.77. The molecule has 1 atom stereocenters.